The third-order valence-corrected chi connectivity index (χ3v) is 3.22. The molecular weight excluding hydrogens is 216 g/mol. The number of piperidine rings is 1. The van der Waals surface area contributed by atoms with Crippen molar-refractivity contribution in [3.8, 4) is 0 Å². The zero-order chi connectivity index (χ0) is 13.1. The van der Waals surface area contributed by atoms with Gasteiger partial charge in [0.15, 0.2) is 0 Å². The van der Waals surface area contributed by atoms with E-state index in [1.54, 1.807) is 0 Å². The highest BCUT2D eigenvalue weighted by Crippen LogP contribution is 2.22. The van der Waals surface area contributed by atoms with Crippen LogP contribution in [-0.4, -0.2) is 42.1 Å². The van der Waals surface area contributed by atoms with Crippen LogP contribution in [0.1, 0.15) is 40.5 Å². The fraction of sp³-hybridized carbons (Fsp3) is 0.923. The molecule has 0 saturated carbocycles. The highest BCUT2D eigenvalue weighted by molar-refractivity contribution is 5.72. The summed E-state index contributed by atoms with van der Waals surface area (Å²) in [7, 11) is 0. The van der Waals surface area contributed by atoms with Crippen molar-refractivity contribution in [2.75, 3.05) is 19.6 Å². The number of hydrogen-bond donors (Lipinski definition) is 1. The summed E-state index contributed by atoms with van der Waals surface area (Å²) in [5.74, 6) is 0.418. The minimum atomic E-state index is -0.406. The van der Waals surface area contributed by atoms with Crippen LogP contribution in [0.15, 0.2) is 0 Å². The number of likely N-dealkylation sites (tertiary alicyclic amines) is 1. The Bertz CT molecular complexity index is 261. The molecule has 2 N–H and O–H groups in total. The minimum absolute atomic E-state index is 0.148. The van der Waals surface area contributed by atoms with Gasteiger partial charge in [-0.25, -0.2) is 0 Å². The summed E-state index contributed by atoms with van der Waals surface area (Å²) >= 11 is 0. The first-order valence-corrected chi connectivity index (χ1v) is 6.49. The van der Waals surface area contributed by atoms with Crippen LogP contribution in [0.4, 0.5) is 0 Å². The van der Waals surface area contributed by atoms with Crippen LogP contribution in [0.2, 0.25) is 0 Å². The van der Waals surface area contributed by atoms with E-state index in [0.29, 0.717) is 25.0 Å². The minimum Gasteiger partial charge on any atom is -0.459 e. The average Bonchev–Trinajstić information content (AvgIpc) is 2.14. The van der Waals surface area contributed by atoms with Crippen LogP contribution in [0, 0.1) is 5.92 Å². The Kier molecular flexibility index (Phi) is 4.95. The molecule has 0 spiro atoms. The van der Waals surface area contributed by atoms with E-state index in [1.807, 2.05) is 20.8 Å². The Morgan fingerprint density at radius 3 is 2.65 bits per heavy atom. The maximum Gasteiger partial charge on any atom is 0.320 e. The predicted octanol–water partition coefficient (Wildman–Crippen LogP) is 1.39. The Hall–Kier alpha value is -0.610. The van der Waals surface area contributed by atoms with Crippen LogP contribution in [0.5, 0.6) is 0 Å². The fourth-order valence-electron chi connectivity index (χ4n) is 2.45. The standard InChI is InChI=1S/C13H26N2O2/c1-10-6-5-7-15(11(10)8-14)9-12(16)17-13(2,3)4/h10-11H,5-9,14H2,1-4H3. The molecule has 17 heavy (non-hydrogen) atoms. The Morgan fingerprint density at radius 2 is 2.12 bits per heavy atom. The third-order valence-electron chi connectivity index (χ3n) is 3.22. The molecule has 100 valence electrons. The second-order valence-electron chi connectivity index (χ2n) is 5.98. The van der Waals surface area contributed by atoms with E-state index >= 15 is 0 Å². The molecule has 1 aliphatic heterocycles. The normalized spacial score (nSPS) is 26.9. The van der Waals surface area contributed by atoms with Gasteiger partial charge in [-0.05, 0) is 46.1 Å². The quantitative estimate of drug-likeness (QED) is 0.760. The molecule has 0 aromatic carbocycles. The lowest BCUT2D eigenvalue weighted by molar-refractivity contribution is -0.157. The van der Waals surface area contributed by atoms with E-state index in [4.69, 9.17) is 10.5 Å². The topological polar surface area (TPSA) is 55.6 Å². The third kappa shape index (κ3) is 4.64. The van der Waals surface area contributed by atoms with Gasteiger partial charge in [0, 0.05) is 12.6 Å². The molecule has 0 bridgehead atoms. The maximum absolute atomic E-state index is 11.8. The van der Waals surface area contributed by atoms with Gasteiger partial charge in [0.05, 0.1) is 6.54 Å². The molecule has 2 atom stereocenters. The summed E-state index contributed by atoms with van der Waals surface area (Å²) in [6.07, 6.45) is 2.34. The Morgan fingerprint density at radius 1 is 1.47 bits per heavy atom. The second-order valence-corrected chi connectivity index (χ2v) is 5.98. The van der Waals surface area contributed by atoms with Crippen molar-refractivity contribution in [2.24, 2.45) is 11.7 Å². The van der Waals surface area contributed by atoms with Crippen molar-refractivity contribution in [3.63, 3.8) is 0 Å². The van der Waals surface area contributed by atoms with Gasteiger partial charge in [-0.15, -0.1) is 0 Å². The van der Waals surface area contributed by atoms with Crippen molar-refractivity contribution >= 4 is 5.97 Å². The summed E-state index contributed by atoms with van der Waals surface area (Å²) in [4.78, 5) is 14.0. The molecule has 1 fully saturated rings. The molecule has 1 heterocycles. The lowest BCUT2D eigenvalue weighted by Crippen LogP contribution is -2.51. The van der Waals surface area contributed by atoms with Crippen LogP contribution in [0.25, 0.3) is 0 Å². The lowest BCUT2D eigenvalue weighted by atomic mass is 9.91. The second kappa shape index (κ2) is 5.83. The van der Waals surface area contributed by atoms with Gasteiger partial charge in [0.2, 0.25) is 0 Å². The summed E-state index contributed by atoms with van der Waals surface area (Å²) in [6.45, 7) is 9.82. The van der Waals surface area contributed by atoms with E-state index in [2.05, 4.69) is 11.8 Å². The maximum atomic E-state index is 11.8. The first kappa shape index (κ1) is 14.5. The number of nitrogens with zero attached hydrogens (tertiary/aromatic N) is 1. The Balaban J connectivity index is 2.51. The van der Waals surface area contributed by atoms with Crippen molar-refractivity contribution in [2.45, 2.75) is 52.2 Å². The molecule has 1 aliphatic rings. The largest absolute Gasteiger partial charge is 0.459 e. The lowest BCUT2D eigenvalue weighted by Gasteiger charge is -2.39. The molecule has 1 rings (SSSR count). The van der Waals surface area contributed by atoms with Crippen LogP contribution < -0.4 is 5.73 Å². The van der Waals surface area contributed by atoms with Gasteiger partial charge in [-0.3, -0.25) is 9.69 Å². The number of carbonyl (C=O) groups excluding carboxylic acids is 1. The van der Waals surface area contributed by atoms with Gasteiger partial charge < -0.3 is 10.5 Å². The SMILES string of the molecule is CC1CCCN(CC(=O)OC(C)(C)C)C1CN. The smallest absolute Gasteiger partial charge is 0.320 e. The summed E-state index contributed by atoms with van der Waals surface area (Å²) < 4.78 is 5.35. The van der Waals surface area contributed by atoms with Gasteiger partial charge in [0.25, 0.3) is 0 Å². The molecule has 0 aromatic heterocycles. The zero-order valence-corrected chi connectivity index (χ0v) is 11.5. The molecule has 4 heteroatoms. The van der Waals surface area contributed by atoms with E-state index in [0.717, 1.165) is 13.0 Å². The summed E-state index contributed by atoms with van der Waals surface area (Å²) in [5, 5.41) is 0. The summed E-state index contributed by atoms with van der Waals surface area (Å²) in [6, 6.07) is 0.316. The number of ether oxygens (including phenoxy) is 1. The van der Waals surface area contributed by atoms with Crippen LogP contribution in [0.3, 0.4) is 0 Å². The van der Waals surface area contributed by atoms with E-state index < -0.39 is 5.60 Å². The number of rotatable bonds is 3. The highest BCUT2D eigenvalue weighted by atomic mass is 16.6. The van der Waals surface area contributed by atoms with E-state index in [1.165, 1.54) is 6.42 Å². The van der Waals surface area contributed by atoms with Gasteiger partial charge in [-0.2, -0.15) is 0 Å². The van der Waals surface area contributed by atoms with Crippen LogP contribution in [-0.2, 0) is 9.53 Å². The number of hydrogen-bond acceptors (Lipinski definition) is 4. The molecule has 0 aliphatic carbocycles. The van der Waals surface area contributed by atoms with E-state index in [9.17, 15) is 4.79 Å². The van der Waals surface area contributed by atoms with Crippen molar-refractivity contribution in [1.82, 2.24) is 4.90 Å². The molecule has 2 unspecified atom stereocenters. The van der Waals surface area contributed by atoms with Crippen LogP contribution >= 0.6 is 0 Å². The van der Waals surface area contributed by atoms with Crippen molar-refractivity contribution in [1.29, 1.82) is 0 Å². The molecule has 1 saturated heterocycles. The van der Waals surface area contributed by atoms with Gasteiger partial charge >= 0.3 is 5.97 Å². The van der Waals surface area contributed by atoms with Gasteiger partial charge in [0.1, 0.15) is 5.60 Å². The molecule has 0 amide bonds. The first-order chi connectivity index (χ1) is 7.83. The monoisotopic (exact) mass is 242 g/mol. The average molecular weight is 242 g/mol. The van der Waals surface area contributed by atoms with Crippen molar-refractivity contribution in [3.05, 3.63) is 0 Å². The Labute approximate surface area is 104 Å². The van der Waals surface area contributed by atoms with Crippen molar-refractivity contribution < 1.29 is 9.53 Å². The molecule has 0 aromatic rings. The predicted molar refractivity (Wildman–Crippen MR) is 68.7 cm³/mol. The zero-order valence-electron chi connectivity index (χ0n) is 11.5. The van der Waals surface area contributed by atoms with E-state index in [-0.39, 0.29) is 5.97 Å². The fourth-order valence-corrected chi connectivity index (χ4v) is 2.45. The number of esters is 1. The molecule has 0 radical (unpaired) electrons. The first-order valence-electron chi connectivity index (χ1n) is 6.49. The number of nitrogens with two attached hydrogens (primary N) is 1. The molecular formula is C13H26N2O2. The van der Waals surface area contributed by atoms with Gasteiger partial charge in [-0.1, -0.05) is 6.92 Å². The molecule has 4 nitrogen and oxygen atoms in total. The highest BCUT2D eigenvalue weighted by Gasteiger charge is 2.29. The number of carbonyl (C=O) groups is 1. The summed E-state index contributed by atoms with van der Waals surface area (Å²) in [5.41, 5.74) is 5.39.